The van der Waals surface area contributed by atoms with Crippen molar-refractivity contribution in [3.05, 3.63) is 27.2 Å². The lowest BCUT2D eigenvalue weighted by Crippen LogP contribution is -2.16. The Morgan fingerprint density at radius 1 is 1.42 bits per heavy atom. The predicted octanol–water partition coefficient (Wildman–Crippen LogP) is 3.21. The molecular formula is C13H20N4S2. The van der Waals surface area contributed by atoms with Crippen LogP contribution in [0.4, 0.5) is 5.13 Å². The van der Waals surface area contributed by atoms with Gasteiger partial charge in [-0.1, -0.05) is 6.92 Å². The topological polar surface area (TPSA) is 41.1 Å². The molecule has 2 heterocycles. The maximum Gasteiger partial charge on any atom is 0.185 e. The van der Waals surface area contributed by atoms with E-state index in [0.717, 1.165) is 23.9 Å². The molecule has 0 aromatic carbocycles. The first-order valence-corrected chi connectivity index (χ1v) is 8.10. The maximum absolute atomic E-state index is 4.52. The fraction of sp³-hybridized carbons (Fsp3) is 0.538. The average Bonchev–Trinajstić information content (AvgIpc) is 2.99. The molecule has 0 aliphatic rings. The van der Waals surface area contributed by atoms with Crippen LogP contribution in [-0.4, -0.2) is 23.6 Å². The van der Waals surface area contributed by atoms with Gasteiger partial charge in [0, 0.05) is 29.0 Å². The molecule has 0 saturated carbocycles. The van der Waals surface area contributed by atoms with Crippen molar-refractivity contribution >= 4 is 27.8 Å². The molecule has 0 spiro atoms. The van der Waals surface area contributed by atoms with Crippen molar-refractivity contribution in [2.75, 3.05) is 18.5 Å². The molecule has 0 aliphatic heterocycles. The first kappa shape index (κ1) is 14.4. The standard InChI is InChI=1S/C13H20N4S2/c1-5-14-9(2)11-6-15-13(19-11)17(4)7-12-10(3)16-8-18-12/h6,8-9,14H,5,7H2,1-4H3. The third-order valence-electron chi connectivity index (χ3n) is 3.00. The van der Waals surface area contributed by atoms with Crippen LogP contribution < -0.4 is 10.2 Å². The van der Waals surface area contributed by atoms with Crippen LogP contribution in [0.25, 0.3) is 0 Å². The Labute approximate surface area is 122 Å². The Balaban J connectivity index is 2.04. The van der Waals surface area contributed by atoms with E-state index in [-0.39, 0.29) is 0 Å². The minimum atomic E-state index is 0.370. The van der Waals surface area contributed by atoms with Gasteiger partial charge in [-0.25, -0.2) is 9.97 Å². The van der Waals surface area contributed by atoms with Crippen molar-refractivity contribution in [2.45, 2.75) is 33.4 Å². The zero-order chi connectivity index (χ0) is 13.8. The number of nitrogens with one attached hydrogen (secondary N) is 1. The summed E-state index contributed by atoms with van der Waals surface area (Å²) in [5.41, 5.74) is 3.02. The summed E-state index contributed by atoms with van der Waals surface area (Å²) in [6, 6.07) is 0.370. The number of anilines is 1. The third-order valence-corrected chi connectivity index (χ3v) is 5.21. The van der Waals surface area contributed by atoms with Crippen LogP contribution in [0.5, 0.6) is 0 Å². The molecule has 0 fully saturated rings. The molecule has 2 rings (SSSR count). The number of aromatic nitrogens is 2. The molecule has 0 bridgehead atoms. The van der Waals surface area contributed by atoms with Crippen molar-refractivity contribution in [1.29, 1.82) is 0 Å². The Kier molecular flexibility index (Phi) is 4.90. The van der Waals surface area contributed by atoms with Crippen LogP contribution in [0.1, 0.15) is 35.3 Å². The SMILES string of the molecule is CCNC(C)c1cnc(N(C)Cc2scnc2C)s1. The lowest BCUT2D eigenvalue weighted by molar-refractivity contribution is 0.606. The number of rotatable bonds is 6. The first-order valence-electron chi connectivity index (χ1n) is 6.41. The zero-order valence-corrected chi connectivity index (χ0v) is 13.4. The van der Waals surface area contributed by atoms with E-state index in [2.05, 4.69) is 48.0 Å². The Morgan fingerprint density at radius 2 is 2.21 bits per heavy atom. The lowest BCUT2D eigenvalue weighted by atomic mass is 10.3. The number of hydrogen-bond donors (Lipinski definition) is 1. The summed E-state index contributed by atoms with van der Waals surface area (Å²) in [6.07, 6.45) is 1.98. The van der Waals surface area contributed by atoms with Crippen molar-refractivity contribution in [3.63, 3.8) is 0 Å². The number of hydrogen-bond acceptors (Lipinski definition) is 6. The molecule has 4 nitrogen and oxygen atoms in total. The second-order valence-corrected chi connectivity index (χ2v) is 6.52. The van der Waals surface area contributed by atoms with Gasteiger partial charge in [-0.15, -0.1) is 22.7 Å². The van der Waals surface area contributed by atoms with Crippen LogP contribution in [0.15, 0.2) is 11.7 Å². The highest BCUT2D eigenvalue weighted by molar-refractivity contribution is 7.15. The van der Waals surface area contributed by atoms with E-state index < -0.39 is 0 Å². The highest BCUT2D eigenvalue weighted by Gasteiger charge is 2.13. The minimum Gasteiger partial charge on any atom is -0.346 e. The summed E-state index contributed by atoms with van der Waals surface area (Å²) in [5, 5.41) is 4.48. The van der Waals surface area contributed by atoms with Gasteiger partial charge in [0.05, 0.1) is 17.7 Å². The van der Waals surface area contributed by atoms with Gasteiger partial charge in [0.2, 0.25) is 0 Å². The van der Waals surface area contributed by atoms with Gasteiger partial charge in [0.15, 0.2) is 5.13 Å². The van der Waals surface area contributed by atoms with Crippen LogP contribution >= 0.6 is 22.7 Å². The van der Waals surface area contributed by atoms with Crippen LogP contribution in [-0.2, 0) is 6.54 Å². The molecule has 2 aromatic heterocycles. The van der Waals surface area contributed by atoms with Gasteiger partial charge >= 0.3 is 0 Å². The van der Waals surface area contributed by atoms with Crippen molar-refractivity contribution in [1.82, 2.24) is 15.3 Å². The summed E-state index contributed by atoms with van der Waals surface area (Å²) < 4.78 is 0. The van der Waals surface area contributed by atoms with Crippen molar-refractivity contribution in [2.24, 2.45) is 0 Å². The zero-order valence-electron chi connectivity index (χ0n) is 11.8. The first-order chi connectivity index (χ1) is 9.11. The molecule has 0 aliphatic carbocycles. The smallest absolute Gasteiger partial charge is 0.185 e. The van der Waals surface area contributed by atoms with E-state index in [4.69, 9.17) is 0 Å². The summed E-state index contributed by atoms with van der Waals surface area (Å²) in [5.74, 6) is 0. The second-order valence-electron chi connectivity index (χ2n) is 4.54. The molecule has 6 heteroatoms. The summed E-state index contributed by atoms with van der Waals surface area (Å²) in [7, 11) is 2.08. The number of thiazole rings is 2. The van der Waals surface area contributed by atoms with Crippen LogP contribution in [0.2, 0.25) is 0 Å². The second kappa shape index (κ2) is 6.45. The lowest BCUT2D eigenvalue weighted by Gasteiger charge is -2.15. The molecule has 2 aromatic rings. The minimum absolute atomic E-state index is 0.370. The number of nitrogens with zero attached hydrogens (tertiary/aromatic N) is 3. The largest absolute Gasteiger partial charge is 0.346 e. The van der Waals surface area contributed by atoms with E-state index in [0.29, 0.717) is 6.04 Å². The monoisotopic (exact) mass is 296 g/mol. The fourth-order valence-corrected chi connectivity index (χ4v) is 3.55. The summed E-state index contributed by atoms with van der Waals surface area (Å²) >= 11 is 3.46. The van der Waals surface area contributed by atoms with Gasteiger partial charge < -0.3 is 10.2 Å². The van der Waals surface area contributed by atoms with Crippen LogP contribution in [0.3, 0.4) is 0 Å². The van der Waals surface area contributed by atoms with Crippen molar-refractivity contribution < 1.29 is 0 Å². The van der Waals surface area contributed by atoms with Gasteiger partial charge in [-0.2, -0.15) is 0 Å². The molecule has 19 heavy (non-hydrogen) atoms. The Bertz CT molecular complexity index is 520. The van der Waals surface area contributed by atoms with E-state index in [1.54, 1.807) is 22.7 Å². The fourth-order valence-electron chi connectivity index (χ4n) is 1.82. The molecule has 1 unspecified atom stereocenters. The average molecular weight is 296 g/mol. The molecule has 0 radical (unpaired) electrons. The maximum atomic E-state index is 4.52. The molecule has 1 atom stereocenters. The van der Waals surface area contributed by atoms with E-state index >= 15 is 0 Å². The normalized spacial score (nSPS) is 12.6. The van der Waals surface area contributed by atoms with E-state index in [9.17, 15) is 0 Å². The molecule has 104 valence electrons. The van der Waals surface area contributed by atoms with Crippen molar-refractivity contribution in [3.8, 4) is 0 Å². The highest BCUT2D eigenvalue weighted by atomic mass is 32.1. The Hall–Kier alpha value is -0.980. The van der Waals surface area contributed by atoms with Gasteiger partial charge in [-0.05, 0) is 20.4 Å². The van der Waals surface area contributed by atoms with Gasteiger partial charge in [0.1, 0.15) is 0 Å². The summed E-state index contributed by atoms with van der Waals surface area (Å²) in [6.45, 7) is 8.20. The molecular weight excluding hydrogens is 276 g/mol. The molecule has 1 N–H and O–H groups in total. The van der Waals surface area contributed by atoms with Gasteiger partial charge in [-0.3, -0.25) is 0 Å². The van der Waals surface area contributed by atoms with E-state index in [1.807, 2.05) is 11.7 Å². The molecule has 0 saturated heterocycles. The van der Waals surface area contributed by atoms with Crippen LogP contribution in [0, 0.1) is 6.92 Å². The van der Waals surface area contributed by atoms with Gasteiger partial charge in [0.25, 0.3) is 0 Å². The number of aryl methyl sites for hydroxylation is 1. The quantitative estimate of drug-likeness (QED) is 0.888. The summed E-state index contributed by atoms with van der Waals surface area (Å²) in [4.78, 5) is 13.6. The molecule has 0 amide bonds. The van der Waals surface area contributed by atoms with E-state index in [1.165, 1.54) is 9.75 Å². The predicted molar refractivity (Wildman–Crippen MR) is 83.2 cm³/mol. The highest BCUT2D eigenvalue weighted by Crippen LogP contribution is 2.28. The third kappa shape index (κ3) is 3.52. The Morgan fingerprint density at radius 3 is 2.84 bits per heavy atom.